The molecule has 0 fully saturated rings. The number of hydrogen-bond donors (Lipinski definition) is 1. The molecule has 0 spiro atoms. The van der Waals surface area contributed by atoms with Gasteiger partial charge in [0.2, 0.25) is 0 Å². The lowest BCUT2D eigenvalue weighted by Gasteiger charge is -1.98. The van der Waals surface area contributed by atoms with Crippen LogP contribution >= 0.6 is 35.6 Å². The molecule has 8 heteroatoms. The van der Waals surface area contributed by atoms with E-state index in [4.69, 9.17) is 11.6 Å². The zero-order valence-electron chi connectivity index (χ0n) is 7.62. The number of rotatable bonds is 2. The molecule has 0 aliphatic rings. The van der Waals surface area contributed by atoms with Crippen LogP contribution in [-0.4, -0.2) is 15.1 Å². The van der Waals surface area contributed by atoms with Crippen LogP contribution in [0.15, 0.2) is 22.5 Å². The highest BCUT2D eigenvalue weighted by molar-refractivity contribution is 7.82. The summed E-state index contributed by atoms with van der Waals surface area (Å²) in [6.07, 6.45) is 0. The van der Waals surface area contributed by atoms with Gasteiger partial charge >= 0.3 is 0 Å². The van der Waals surface area contributed by atoms with Crippen LogP contribution in [0, 0.1) is 10.1 Å². The van der Waals surface area contributed by atoms with Gasteiger partial charge in [-0.3, -0.25) is 10.1 Å². The summed E-state index contributed by atoms with van der Waals surface area (Å²) in [5, 5.41) is 19.0. The van der Waals surface area contributed by atoms with E-state index in [1.807, 2.05) is 0 Å². The quantitative estimate of drug-likeness (QED) is 0.519. The first-order chi connectivity index (χ1) is 7.58. The van der Waals surface area contributed by atoms with Gasteiger partial charge in [-0.05, 0) is 6.07 Å². The minimum Gasteiger partial charge on any atom is -0.258 e. The molecular formula is C8H4ClN3O2S2. The van der Waals surface area contributed by atoms with Gasteiger partial charge in [0.05, 0.1) is 9.95 Å². The molecule has 0 radical (unpaired) electrons. The Bertz CT molecular complexity index is 558. The summed E-state index contributed by atoms with van der Waals surface area (Å²) < 4.78 is 0.518. The molecule has 0 aliphatic carbocycles. The summed E-state index contributed by atoms with van der Waals surface area (Å²) in [7, 11) is 0. The molecule has 82 valence electrons. The van der Waals surface area contributed by atoms with Gasteiger partial charge in [0.15, 0.2) is 4.34 Å². The molecule has 0 saturated heterocycles. The second-order valence-corrected chi connectivity index (χ2v) is 4.92. The predicted octanol–water partition coefficient (Wildman–Crippen LogP) is 3.06. The number of hydrogen-bond acceptors (Lipinski definition) is 6. The van der Waals surface area contributed by atoms with Gasteiger partial charge in [-0.15, -0.1) is 22.8 Å². The maximum atomic E-state index is 10.5. The summed E-state index contributed by atoms with van der Waals surface area (Å²) in [6.45, 7) is 0. The van der Waals surface area contributed by atoms with Crippen LogP contribution in [0.4, 0.5) is 5.69 Å². The highest BCUT2D eigenvalue weighted by Crippen LogP contribution is 2.33. The second-order valence-electron chi connectivity index (χ2n) is 2.81. The number of aromatic nitrogens is 2. The van der Waals surface area contributed by atoms with Crippen molar-refractivity contribution in [3.8, 4) is 10.6 Å². The van der Waals surface area contributed by atoms with E-state index in [-0.39, 0.29) is 10.7 Å². The third-order valence-corrected chi connectivity index (χ3v) is 3.24. The number of nitro groups is 1. The van der Waals surface area contributed by atoms with E-state index in [0.717, 1.165) is 0 Å². The molecule has 0 atom stereocenters. The Hall–Kier alpha value is -1.18. The van der Waals surface area contributed by atoms with Crippen molar-refractivity contribution < 1.29 is 4.92 Å². The first-order valence-corrected chi connectivity index (χ1v) is 5.69. The fourth-order valence-corrected chi connectivity index (χ4v) is 2.36. The zero-order chi connectivity index (χ0) is 11.7. The fourth-order valence-electron chi connectivity index (χ4n) is 1.12. The van der Waals surface area contributed by atoms with Crippen LogP contribution in [0.3, 0.4) is 0 Å². The number of nitro benzene ring substituents is 1. The third kappa shape index (κ3) is 2.16. The van der Waals surface area contributed by atoms with E-state index in [9.17, 15) is 10.1 Å². The average molecular weight is 274 g/mol. The monoisotopic (exact) mass is 273 g/mol. The van der Waals surface area contributed by atoms with Crippen molar-refractivity contribution in [2.75, 3.05) is 0 Å². The Kier molecular flexibility index (Phi) is 3.08. The lowest BCUT2D eigenvalue weighted by atomic mass is 10.2. The van der Waals surface area contributed by atoms with Gasteiger partial charge < -0.3 is 0 Å². The van der Waals surface area contributed by atoms with E-state index in [1.165, 1.54) is 23.5 Å². The predicted molar refractivity (Wildman–Crippen MR) is 64.3 cm³/mol. The normalized spacial score (nSPS) is 10.4. The fraction of sp³-hybridized carbons (Fsp3) is 0. The largest absolute Gasteiger partial charge is 0.270 e. The Labute approximate surface area is 105 Å². The van der Waals surface area contributed by atoms with Crippen LogP contribution < -0.4 is 0 Å². The van der Waals surface area contributed by atoms with Crippen LogP contribution in [0.2, 0.25) is 5.02 Å². The number of thiol groups is 1. The molecule has 0 aliphatic heterocycles. The molecule has 2 aromatic rings. The third-order valence-electron chi connectivity index (χ3n) is 1.81. The summed E-state index contributed by atoms with van der Waals surface area (Å²) in [5.41, 5.74) is 0.564. The molecule has 16 heavy (non-hydrogen) atoms. The standard InChI is InChI=1S/C8H4ClN3O2S2/c9-6-3-4(12(13)14)1-2-5(6)7-10-11-8(15)16-7/h1-3H,(H,11,15). The van der Waals surface area contributed by atoms with Gasteiger partial charge in [-0.2, -0.15) is 0 Å². The topological polar surface area (TPSA) is 68.9 Å². The smallest absolute Gasteiger partial charge is 0.258 e. The first kappa shape index (κ1) is 11.3. The Balaban J connectivity index is 2.47. The summed E-state index contributed by atoms with van der Waals surface area (Å²) in [5.74, 6) is 0. The maximum absolute atomic E-state index is 10.5. The zero-order valence-corrected chi connectivity index (χ0v) is 10.1. The molecule has 0 N–H and O–H groups in total. The lowest BCUT2D eigenvalue weighted by Crippen LogP contribution is -1.88. The van der Waals surface area contributed by atoms with E-state index in [0.29, 0.717) is 14.9 Å². The van der Waals surface area contributed by atoms with Gasteiger partial charge in [0, 0.05) is 17.7 Å². The van der Waals surface area contributed by atoms with Crippen molar-refractivity contribution in [3.05, 3.63) is 33.3 Å². The van der Waals surface area contributed by atoms with Gasteiger partial charge in [0.1, 0.15) is 5.01 Å². The minimum atomic E-state index is -0.500. The molecule has 1 heterocycles. The van der Waals surface area contributed by atoms with E-state index < -0.39 is 4.92 Å². The number of halogens is 1. The molecule has 1 aromatic heterocycles. The molecule has 5 nitrogen and oxygen atoms in total. The van der Waals surface area contributed by atoms with Crippen molar-refractivity contribution in [3.63, 3.8) is 0 Å². The van der Waals surface area contributed by atoms with Crippen LogP contribution in [-0.2, 0) is 0 Å². The second kappa shape index (κ2) is 4.36. The van der Waals surface area contributed by atoms with Crippen molar-refractivity contribution in [2.24, 2.45) is 0 Å². The van der Waals surface area contributed by atoms with Crippen molar-refractivity contribution in [1.82, 2.24) is 10.2 Å². The molecule has 2 rings (SSSR count). The van der Waals surface area contributed by atoms with Crippen LogP contribution in [0.5, 0.6) is 0 Å². The van der Waals surface area contributed by atoms with Crippen LogP contribution in [0.1, 0.15) is 0 Å². The van der Waals surface area contributed by atoms with Gasteiger partial charge in [-0.25, -0.2) is 0 Å². The van der Waals surface area contributed by atoms with Gasteiger partial charge in [0.25, 0.3) is 5.69 Å². The molecular weight excluding hydrogens is 270 g/mol. The summed E-state index contributed by atoms with van der Waals surface area (Å²) in [4.78, 5) is 10.0. The van der Waals surface area contributed by atoms with Gasteiger partial charge in [-0.1, -0.05) is 22.9 Å². The number of nitrogens with zero attached hydrogens (tertiary/aromatic N) is 3. The van der Waals surface area contributed by atoms with E-state index in [1.54, 1.807) is 6.07 Å². The summed E-state index contributed by atoms with van der Waals surface area (Å²) >= 11 is 11.2. The average Bonchev–Trinajstić information content (AvgIpc) is 2.64. The van der Waals surface area contributed by atoms with Crippen LogP contribution in [0.25, 0.3) is 10.6 Å². The number of benzene rings is 1. The SMILES string of the molecule is O=[N+]([O-])c1ccc(-c2nnc(S)s2)c(Cl)c1. The molecule has 0 amide bonds. The molecule has 0 saturated carbocycles. The minimum absolute atomic E-state index is 0.0515. The summed E-state index contributed by atoms with van der Waals surface area (Å²) in [6, 6.07) is 4.21. The highest BCUT2D eigenvalue weighted by Gasteiger charge is 2.13. The van der Waals surface area contributed by atoms with Crippen molar-refractivity contribution in [1.29, 1.82) is 0 Å². The van der Waals surface area contributed by atoms with E-state index in [2.05, 4.69) is 22.8 Å². The Morgan fingerprint density at radius 1 is 1.44 bits per heavy atom. The molecule has 1 aromatic carbocycles. The molecule has 0 bridgehead atoms. The Morgan fingerprint density at radius 3 is 2.69 bits per heavy atom. The first-order valence-electron chi connectivity index (χ1n) is 4.04. The van der Waals surface area contributed by atoms with Crippen molar-refractivity contribution >= 4 is 41.3 Å². The maximum Gasteiger partial charge on any atom is 0.270 e. The lowest BCUT2D eigenvalue weighted by molar-refractivity contribution is -0.384. The van der Waals surface area contributed by atoms with E-state index >= 15 is 0 Å². The van der Waals surface area contributed by atoms with Crippen molar-refractivity contribution in [2.45, 2.75) is 4.34 Å². The highest BCUT2D eigenvalue weighted by atomic mass is 35.5. The number of non-ortho nitro benzene ring substituents is 1. The molecule has 0 unspecified atom stereocenters. The Morgan fingerprint density at radius 2 is 2.19 bits per heavy atom.